The van der Waals surface area contributed by atoms with Crippen molar-refractivity contribution in [3.63, 3.8) is 0 Å². The van der Waals surface area contributed by atoms with Crippen LogP contribution in [0, 0.1) is 13.8 Å². The zero-order valence-corrected chi connectivity index (χ0v) is 25.5. The number of carbonyl (C=O) groups excluding carboxylic acids is 1. The van der Waals surface area contributed by atoms with E-state index in [1.54, 1.807) is 47.7 Å². The normalized spacial score (nSPS) is 12.5. The largest absolute Gasteiger partial charge is 0.345 e. The van der Waals surface area contributed by atoms with Crippen LogP contribution in [0.25, 0.3) is 38.9 Å². The number of benzene rings is 2. The Kier molecular flexibility index (Phi) is 7.07. The van der Waals surface area contributed by atoms with Crippen molar-refractivity contribution in [3.05, 3.63) is 89.0 Å². The fourth-order valence-electron chi connectivity index (χ4n) is 5.76. The molecule has 10 heteroatoms. The average Bonchev–Trinajstić information content (AvgIpc) is 3.65. The van der Waals surface area contributed by atoms with Crippen molar-refractivity contribution in [1.82, 2.24) is 39.2 Å². The van der Waals surface area contributed by atoms with Gasteiger partial charge in [-0.3, -0.25) is 14.2 Å². The van der Waals surface area contributed by atoms with Crippen LogP contribution < -0.4 is 0 Å². The predicted octanol–water partition coefficient (Wildman–Crippen LogP) is 6.32. The number of aromatic nitrogens is 7. The van der Waals surface area contributed by atoms with Crippen LogP contribution in [-0.2, 0) is 13.6 Å². The van der Waals surface area contributed by atoms with Crippen LogP contribution in [0.1, 0.15) is 58.8 Å². The lowest BCUT2D eigenvalue weighted by Crippen LogP contribution is -2.21. The van der Waals surface area contributed by atoms with Crippen molar-refractivity contribution in [3.8, 4) is 16.9 Å². The van der Waals surface area contributed by atoms with Gasteiger partial charge < -0.3 is 4.90 Å². The number of alkyl halides is 1. The second kappa shape index (κ2) is 10.8. The van der Waals surface area contributed by atoms with Gasteiger partial charge >= 0.3 is 0 Å². The fourth-order valence-corrected chi connectivity index (χ4v) is 5.76. The number of aryl methyl sites for hydroxylation is 2. The molecular weight excluding hydrogens is 543 g/mol. The summed E-state index contributed by atoms with van der Waals surface area (Å²) in [7, 11) is 5.28. The van der Waals surface area contributed by atoms with Gasteiger partial charge in [-0.25, -0.2) is 14.1 Å². The van der Waals surface area contributed by atoms with Crippen molar-refractivity contribution in [2.75, 3.05) is 14.1 Å². The van der Waals surface area contributed by atoms with Gasteiger partial charge in [0.1, 0.15) is 6.17 Å². The molecule has 1 amide bonds. The molecule has 1 atom stereocenters. The SMILES string of the molecule is Cc1nc2nn(C)cc2cc1-n1nc(-c2cccc3nn(CC(F)c4ccc(C(=O)N(C)C)cc4)cc23)c(C(C)C)c1C. The second-order valence-corrected chi connectivity index (χ2v) is 11.6. The number of hydrogen-bond donors (Lipinski definition) is 0. The molecule has 0 aliphatic carbocycles. The summed E-state index contributed by atoms with van der Waals surface area (Å²) in [5.41, 5.74) is 8.27. The number of hydrogen-bond acceptors (Lipinski definition) is 5. The number of pyridine rings is 1. The van der Waals surface area contributed by atoms with Crippen molar-refractivity contribution >= 4 is 27.8 Å². The summed E-state index contributed by atoms with van der Waals surface area (Å²) in [5, 5.41) is 16.2. The molecule has 43 heavy (non-hydrogen) atoms. The first-order chi connectivity index (χ1) is 20.5. The molecule has 2 aromatic carbocycles. The maximum Gasteiger partial charge on any atom is 0.253 e. The van der Waals surface area contributed by atoms with Gasteiger partial charge in [0.2, 0.25) is 0 Å². The Bertz CT molecular complexity index is 1980. The van der Waals surface area contributed by atoms with Gasteiger partial charge in [0, 0.05) is 66.7 Å². The highest BCUT2D eigenvalue weighted by molar-refractivity contribution is 5.95. The molecule has 4 heterocycles. The van der Waals surface area contributed by atoms with Crippen LogP contribution >= 0.6 is 0 Å². The Morgan fingerprint density at radius 2 is 1.74 bits per heavy atom. The molecule has 6 rings (SSSR count). The first-order valence-corrected chi connectivity index (χ1v) is 14.3. The summed E-state index contributed by atoms with van der Waals surface area (Å²) in [6.07, 6.45) is 2.57. The number of nitrogens with zero attached hydrogens (tertiary/aromatic N) is 8. The van der Waals surface area contributed by atoms with E-state index in [2.05, 4.69) is 38.0 Å². The molecule has 9 nitrogen and oxygen atoms in total. The number of fused-ring (bicyclic) bond motifs is 2. The number of carbonyl (C=O) groups is 1. The van der Waals surface area contributed by atoms with Crippen LogP contribution in [0.4, 0.5) is 4.39 Å². The van der Waals surface area contributed by atoms with Gasteiger partial charge in [0.25, 0.3) is 5.91 Å². The second-order valence-electron chi connectivity index (χ2n) is 11.6. The van der Waals surface area contributed by atoms with Gasteiger partial charge in [-0.1, -0.05) is 38.1 Å². The van der Waals surface area contributed by atoms with Gasteiger partial charge in [-0.2, -0.15) is 15.3 Å². The van der Waals surface area contributed by atoms with Gasteiger partial charge in [0.15, 0.2) is 5.65 Å². The van der Waals surface area contributed by atoms with Crippen molar-refractivity contribution in [1.29, 1.82) is 0 Å². The Labute approximate surface area is 249 Å². The van der Waals surface area contributed by atoms with E-state index in [0.29, 0.717) is 16.8 Å². The van der Waals surface area contributed by atoms with E-state index in [4.69, 9.17) is 15.2 Å². The minimum absolute atomic E-state index is 0.0512. The maximum atomic E-state index is 15.4. The summed E-state index contributed by atoms with van der Waals surface area (Å²) < 4.78 is 20.8. The predicted molar refractivity (Wildman–Crippen MR) is 166 cm³/mol. The monoisotopic (exact) mass is 578 g/mol. The molecule has 0 bridgehead atoms. The molecule has 0 fully saturated rings. The van der Waals surface area contributed by atoms with E-state index >= 15 is 4.39 Å². The Hall–Kier alpha value is -4.86. The third kappa shape index (κ3) is 5.07. The summed E-state index contributed by atoms with van der Waals surface area (Å²) in [5.74, 6) is 0.0947. The highest BCUT2D eigenvalue weighted by atomic mass is 19.1. The molecule has 0 saturated carbocycles. The summed E-state index contributed by atoms with van der Waals surface area (Å²) in [6, 6.07) is 14.7. The Morgan fingerprint density at radius 1 is 1.00 bits per heavy atom. The average molecular weight is 579 g/mol. The van der Waals surface area contributed by atoms with E-state index in [0.717, 1.165) is 50.2 Å². The number of halogens is 1. The van der Waals surface area contributed by atoms with Crippen LogP contribution in [0.5, 0.6) is 0 Å². The minimum Gasteiger partial charge on any atom is -0.345 e. The summed E-state index contributed by atoms with van der Waals surface area (Å²) in [6.45, 7) is 8.46. The third-order valence-electron chi connectivity index (χ3n) is 7.87. The molecule has 0 N–H and O–H groups in total. The molecule has 1 unspecified atom stereocenters. The maximum absolute atomic E-state index is 15.4. The van der Waals surface area contributed by atoms with Crippen molar-refractivity contribution in [2.45, 2.75) is 46.3 Å². The zero-order valence-electron chi connectivity index (χ0n) is 25.5. The molecule has 220 valence electrons. The Morgan fingerprint density at radius 3 is 2.44 bits per heavy atom. The topological polar surface area (TPSA) is 86.7 Å². The number of amides is 1. The smallest absolute Gasteiger partial charge is 0.253 e. The lowest BCUT2D eigenvalue weighted by Gasteiger charge is -2.12. The quantitative estimate of drug-likeness (QED) is 0.221. The lowest BCUT2D eigenvalue weighted by molar-refractivity contribution is 0.0827. The standard InChI is InChI=1S/C33H35FN8O/c1-19(2)30-21(4)42(29-15-24-16-40(7)38-32(24)35-20(29)3)37-31(30)25-9-8-10-28-26(25)17-41(36-28)18-27(34)22-11-13-23(14-12-22)33(43)39(5)6/h8-17,19,27H,18H2,1-7H3. The third-order valence-corrected chi connectivity index (χ3v) is 7.87. The van der Waals surface area contributed by atoms with Gasteiger partial charge in [-0.15, -0.1) is 0 Å². The zero-order chi connectivity index (χ0) is 30.6. The van der Waals surface area contributed by atoms with Crippen LogP contribution in [0.15, 0.2) is 60.9 Å². The first-order valence-electron chi connectivity index (χ1n) is 14.3. The van der Waals surface area contributed by atoms with Crippen molar-refractivity contribution < 1.29 is 9.18 Å². The molecule has 6 aromatic rings. The van der Waals surface area contributed by atoms with E-state index in [-0.39, 0.29) is 18.4 Å². The Balaban J connectivity index is 1.37. The number of rotatable bonds is 7. The van der Waals surface area contributed by atoms with Crippen LogP contribution in [0.3, 0.4) is 0 Å². The van der Waals surface area contributed by atoms with Crippen LogP contribution in [-0.4, -0.2) is 59.2 Å². The molecule has 0 aliphatic heterocycles. The molecule has 0 spiro atoms. The summed E-state index contributed by atoms with van der Waals surface area (Å²) >= 11 is 0. The first kappa shape index (κ1) is 28.3. The molecule has 4 aromatic heterocycles. The fraction of sp³-hybridized carbons (Fsp3) is 0.303. The minimum atomic E-state index is -1.29. The van der Waals surface area contributed by atoms with E-state index in [1.807, 2.05) is 43.2 Å². The van der Waals surface area contributed by atoms with Gasteiger partial charge in [-0.05, 0) is 49.6 Å². The highest BCUT2D eigenvalue weighted by Crippen LogP contribution is 2.37. The van der Waals surface area contributed by atoms with E-state index < -0.39 is 6.17 Å². The van der Waals surface area contributed by atoms with Crippen molar-refractivity contribution in [2.24, 2.45) is 7.05 Å². The van der Waals surface area contributed by atoms with E-state index in [9.17, 15) is 4.79 Å². The van der Waals surface area contributed by atoms with E-state index in [1.165, 1.54) is 4.90 Å². The van der Waals surface area contributed by atoms with Gasteiger partial charge in [0.05, 0.1) is 29.1 Å². The van der Waals surface area contributed by atoms with Crippen LogP contribution in [0.2, 0.25) is 0 Å². The molecule has 0 saturated heterocycles. The molecule has 0 radical (unpaired) electrons. The highest BCUT2D eigenvalue weighted by Gasteiger charge is 2.24. The molecule has 0 aliphatic rings. The molecular formula is C33H35FN8O. The lowest BCUT2D eigenvalue weighted by atomic mass is 9.95. The summed E-state index contributed by atoms with van der Waals surface area (Å²) in [4.78, 5) is 18.4.